The molecule has 5 rings (SSSR count). The zero-order valence-electron chi connectivity index (χ0n) is 13.6. The molecule has 0 bridgehead atoms. The van der Waals surface area contributed by atoms with Crippen LogP contribution in [0.3, 0.4) is 0 Å². The van der Waals surface area contributed by atoms with Crippen molar-refractivity contribution in [3.8, 4) is 11.3 Å². The maximum absolute atomic E-state index is 4.59. The summed E-state index contributed by atoms with van der Waals surface area (Å²) in [5.74, 6) is 0. The number of hydrogen-bond acceptors (Lipinski definition) is 1. The molecule has 1 aliphatic carbocycles. The Bertz CT molecular complexity index is 1120. The molecule has 0 atom stereocenters. The molecule has 1 aromatic heterocycles. The molecule has 0 saturated heterocycles. The molecule has 4 aromatic rings. The summed E-state index contributed by atoms with van der Waals surface area (Å²) in [4.78, 5) is 4.59. The molecular weight excluding hydrogens is 358 g/mol. The van der Waals surface area contributed by atoms with E-state index in [1.54, 1.807) is 0 Å². The quantitative estimate of drug-likeness (QED) is 0.349. The van der Waals surface area contributed by atoms with Crippen LogP contribution in [0, 0.1) is 0 Å². The number of halogens is 1. The van der Waals surface area contributed by atoms with E-state index in [0.29, 0.717) is 0 Å². The SMILES string of the molecule is CC1(C)c2cccc3ccc4cc(-c5ccc(Br)cn5)cc1c4c23. The van der Waals surface area contributed by atoms with Gasteiger partial charge in [0, 0.05) is 21.6 Å². The monoisotopic (exact) mass is 373 g/mol. The number of pyridine rings is 1. The summed E-state index contributed by atoms with van der Waals surface area (Å²) in [5, 5.41) is 5.47. The van der Waals surface area contributed by atoms with Crippen molar-refractivity contribution in [2.24, 2.45) is 0 Å². The summed E-state index contributed by atoms with van der Waals surface area (Å²) in [6.07, 6.45) is 1.86. The Hall–Kier alpha value is -2.19. The Labute approximate surface area is 149 Å². The highest BCUT2D eigenvalue weighted by Crippen LogP contribution is 2.49. The lowest BCUT2D eigenvalue weighted by atomic mass is 9.81. The molecule has 1 nitrogen and oxygen atoms in total. The molecule has 0 unspecified atom stereocenters. The first-order valence-corrected chi connectivity index (χ1v) is 8.97. The highest BCUT2D eigenvalue weighted by atomic mass is 79.9. The van der Waals surface area contributed by atoms with Crippen LogP contribution in [0.1, 0.15) is 25.0 Å². The fourth-order valence-electron chi connectivity index (χ4n) is 4.10. The molecule has 0 radical (unpaired) electrons. The Morgan fingerprint density at radius 2 is 1.62 bits per heavy atom. The summed E-state index contributed by atoms with van der Waals surface area (Å²) in [6.45, 7) is 4.66. The van der Waals surface area contributed by atoms with E-state index >= 15 is 0 Å². The van der Waals surface area contributed by atoms with Gasteiger partial charge in [0.1, 0.15) is 0 Å². The van der Waals surface area contributed by atoms with Crippen LogP contribution in [-0.2, 0) is 5.41 Å². The first-order chi connectivity index (χ1) is 11.6. The molecule has 1 heterocycles. The molecule has 3 aromatic carbocycles. The predicted molar refractivity (Wildman–Crippen MR) is 105 cm³/mol. The number of rotatable bonds is 1. The highest BCUT2D eigenvalue weighted by Gasteiger charge is 2.34. The normalized spacial score (nSPS) is 14.8. The third-order valence-electron chi connectivity index (χ3n) is 5.33. The lowest BCUT2D eigenvalue weighted by Crippen LogP contribution is -2.15. The van der Waals surface area contributed by atoms with Crippen LogP contribution in [0.2, 0.25) is 0 Å². The molecule has 24 heavy (non-hydrogen) atoms. The number of nitrogens with zero attached hydrogens (tertiary/aromatic N) is 1. The minimum absolute atomic E-state index is 0.0207. The lowest BCUT2D eigenvalue weighted by molar-refractivity contribution is 0.663. The average molecular weight is 374 g/mol. The van der Waals surface area contributed by atoms with Crippen molar-refractivity contribution in [3.63, 3.8) is 0 Å². The first-order valence-electron chi connectivity index (χ1n) is 8.18. The summed E-state index contributed by atoms with van der Waals surface area (Å²) in [6, 6.07) is 19.9. The largest absolute Gasteiger partial charge is 0.255 e. The topological polar surface area (TPSA) is 12.9 Å². The molecule has 2 heteroatoms. The van der Waals surface area contributed by atoms with Gasteiger partial charge in [0.15, 0.2) is 0 Å². The minimum Gasteiger partial charge on any atom is -0.255 e. The van der Waals surface area contributed by atoms with Gasteiger partial charge in [-0.15, -0.1) is 0 Å². The molecule has 0 N–H and O–H groups in total. The molecule has 0 amide bonds. The van der Waals surface area contributed by atoms with Crippen LogP contribution >= 0.6 is 15.9 Å². The maximum Gasteiger partial charge on any atom is 0.0703 e. The van der Waals surface area contributed by atoms with Crippen molar-refractivity contribution < 1.29 is 0 Å². The van der Waals surface area contributed by atoms with Gasteiger partial charge < -0.3 is 0 Å². The van der Waals surface area contributed by atoms with Crippen LogP contribution in [0.4, 0.5) is 0 Å². The van der Waals surface area contributed by atoms with Gasteiger partial charge in [-0.2, -0.15) is 0 Å². The zero-order chi connectivity index (χ0) is 16.5. The molecular formula is C22H16BrN. The Morgan fingerprint density at radius 3 is 2.42 bits per heavy atom. The first kappa shape index (κ1) is 14.2. The second kappa shape index (κ2) is 4.67. The number of hydrogen-bond donors (Lipinski definition) is 0. The lowest BCUT2D eigenvalue weighted by Gasteiger charge is -2.22. The van der Waals surface area contributed by atoms with Crippen molar-refractivity contribution in [2.75, 3.05) is 0 Å². The maximum atomic E-state index is 4.59. The Morgan fingerprint density at radius 1 is 0.833 bits per heavy atom. The summed E-state index contributed by atoms with van der Waals surface area (Å²) >= 11 is 3.47. The van der Waals surface area contributed by atoms with Crippen LogP contribution in [-0.4, -0.2) is 4.98 Å². The van der Waals surface area contributed by atoms with Crippen molar-refractivity contribution in [2.45, 2.75) is 19.3 Å². The average Bonchev–Trinajstić information content (AvgIpc) is 2.83. The smallest absolute Gasteiger partial charge is 0.0703 e. The molecule has 0 fully saturated rings. The highest BCUT2D eigenvalue weighted by molar-refractivity contribution is 9.10. The molecule has 116 valence electrons. The standard InChI is InChI=1S/C22H16BrN/c1-22(2)17-5-3-4-13-6-7-14-10-15(11-18(22)21(14)20(13)17)19-9-8-16(23)12-24-19/h3-12H,1-2H3. The van der Waals surface area contributed by atoms with Gasteiger partial charge in [0.25, 0.3) is 0 Å². The van der Waals surface area contributed by atoms with Crippen molar-refractivity contribution in [1.82, 2.24) is 4.98 Å². The molecule has 1 aliphatic rings. The van der Waals surface area contributed by atoms with E-state index in [0.717, 1.165) is 10.2 Å². The fourth-order valence-corrected chi connectivity index (χ4v) is 4.33. The Balaban J connectivity index is 1.89. The van der Waals surface area contributed by atoms with Crippen molar-refractivity contribution in [1.29, 1.82) is 0 Å². The number of benzene rings is 3. The Kier molecular flexibility index (Phi) is 2.76. The third-order valence-corrected chi connectivity index (χ3v) is 5.80. The second-order valence-corrected chi connectivity index (χ2v) is 7.99. The third kappa shape index (κ3) is 1.78. The predicted octanol–water partition coefficient (Wildman–Crippen LogP) is 6.46. The van der Waals surface area contributed by atoms with E-state index in [4.69, 9.17) is 0 Å². The van der Waals surface area contributed by atoms with Crippen molar-refractivity contribution in [3.05, 3.63) is 76.4 Å². The molecule has 0 saturated carbocycles. The van der Waals surface area contributed by atoms with Gasteiger partial charge in [-0.25, -0.2) is 0 Å². The van der Waals surface area contributed by atoms with Gasteiger partial charge in [0.2, 0.25) is 0 Å². The zero-order valence-corrected chi connectivity index (χ0v) is 15.2. The molecule has 0 aliphatic heterocycles. The van der Waals surface area contributed by atoms with Crippen LogP contribution in [0.15, 0.2) is 65.3 Å². The van der Waals surface area contributed by atoms with Gasteiger partial charge in [-0.1, -0.05) is 44.2 Å². The van der Waals surface area contributed by atoms with Crippen LogP contribution < -0.4 is 0 Å². The van der Waals surface area contributed by atoms with E-state index in [9.17, 15) is 0 Å². The summed E-state index contributed by atoms with van der Waals surface area (Å²) < 4.78 is 1.01. The number of aromatic nitrogens is 1. The van der Waals surface area contributed by atoms with Crippen LogP contribution in [0.25, 0.3) is 32.8 Å². The van der Waals surface area contributed by atoms with E-state index in [1.165, 1.54) is 38.2 Å². The van der Waals surface area contributed by atoms with Gasteiger partial charge in [0.05, 0.1) is 5.69 Å². The van der Waals surface area contributed by atoms with Gasteiger partial charge >= 0.3 is 0 Å². The van der Waals surface area contributed by atoms with E-state index in [-0.39, 0.29) is 5.41 Å². The van der Waals surface area contributed by atoms with E-state index in [1.807, 2.05) is 6.20 Å². The summed E-state index contributed by atoms with van der Waals surface area (Å²) in [7, 11) is 0. The van der Waals surface area contributed by atoms with Crippen molar-refractivity contribution >= 4 is 37.5 Å². The minimum atomic E-state index is 0.0207. The van der Waals surface area contributed by atoms with E-state index in [2.05, 4.69) is 89.4 Å². The van der Waals surface area contributed by atoms with Gasteiger partial charge in [-0.3, -0.25) is 4.98 Å². The second-order valence-electron chi connectivity index (χ2n) is 7.08. The fraction of sp³-hybridized carbons (Fsp3) is 0.136. The molecule has 0 spiro atoms. The van der Waals surface area contributed by atoms with Crippen LogP contribution in [0.5, 0.6) is 0 Å². The van der Waals surface area contributed by atoms with Gasteiger partial charge in [-0.05, 0) is 72.9 Å². The van der Waals surface area contributed by atoms with E-state index < -0.39 is 0 Å². The summed E-state index contributed by atoms with van der Waals surface area (Å²) in [5.41, 5.74) is 5.06.